The van der Waals surface area contributed by atoms with E-state index in [1.807, 2.05) is 0 Å². The van der Waals surface area contributed by atoms with Crippen LogP contribution in [0.15, 0.2) is 212 Å². The summed E-state index contributed by atoms with van der Waals surface area (Å²) in [4.78, 5) is 2.50. The van der Waals surface area contributed by atoms with E-state index in [0.29, 0.717) is 0 Å². The summed E-state index contributed by atoms with van der Waals surface area (Å²) in [6.45, 7) is 6.88. The number of rotatable bonds is 7. The van der Waals surface area contributed by atoms with Gasteiger partial charge in [-0.25, -0.2) is 0 Å². The van der Waals surface area contributed by atoms with E-state index in [1.165, 1.54) is 93.3 Å². The summed E-state index contributed by atoms with van der Waals surface area (Å²) in [5.41, 5.74) is 16.8. The first-order valence-corrected chi connectivity index (χ1v) is 22.6. The van der Waals surface area contributed by atoms with Crippen molar-refractivity contribution in [1.82, 2.24) is 0 Å². The van der Waals surface area contributed by atoms with E-state index in [9.17, 15) is 0 Å². The van der Waals surface area contributed by atoms with Crippen molar-refractivity contribution in [1.29, 1.82) is 0 Å². The Hall–Kier alpha value is -7.22. The van der Waals surface area contributed by atoms with Gasteiger partial charge in [-0.2, -0.15) is 0 Å². The summed E-state index contributed by atoms with van der Waals surface area (Å²) in [6.07, 6.45) is 5.46. The van der Waals surface area contributed by atoms with Gasteiger partial charge in [0, 0.05) is 22.9 Å². The van der Waals surface area contributed by atoms with Crippen LogP contribution in [-0.2, 0) is 11.8 Å². The third-order valence-corrected chi connectivity index (χ3v) is 13.5. The summed E-state index contributed by atoms with van der Waals surface area (Å²) in [5.74, 6) is 0.164. The van der Waals surface area contributed by atoms with Crippen LogP contribution in [0.5, 0.6) is 0 Å². The normalized spacial score (nSPS) is 14.9. The minimum atomic E-state index is 0.0407. The van der Waals surface area contributed by atoms with Gasteiger partial charge in [0.25, 0.3) is 0 Å². The number of anilines is 3. The molecule has 304 valence electrons. The first-order chi connectivity index (χ1) is 30.9. The molecule has 1 nitrogen and oxygen atoms in total. The number of hydrogen-bond donors (Lipinski definition) is 0. The summed E-state index contributed by atoms with van der Waals surface area (Å²) < 4.78 is 0. The monoisotopic (exact) mass is 809 g/mol. The van der Waals surface area contributed by atoms with E-state index in [2.05, 4.69) is 238 Å². The van der Waals surface area contributed by atoms with Gasteiger partial charge >= 0.3 is 0 Å². The molecule has 1 atom stereocenters. The largest absolute Gasteiger partial charge is 0.310 e. The Morgan fingerprint density at radius 1 is 0.476 bits per heavy atom. The van der Waals surface area contributed by atoms with Crippen LogP contribution in [0.3, 0.4) is 0 Å². The maximum absolute atomic E-state index is 2.50. The average molecular weight is 810 g/mol. The lowest BCUT2D eigenvalue weighted by Crippen LogP contribution is -2.37. The fourth-order valence-corrected chi connectivity index (χ4v) is 10.5. The molecular formula is C62H51N. The van der Waals surface area contributed by atoms with Crippen molar-refractivity contribution in [3.8, 4) is 0 Å². The van der Waals surface area contributed by atoms with Crippen molar-refractivity contribution in [2.75, 3.05) is 4.90 Å². The lowest BCUT2D eigenvalue weighted by atomic mass is 9.74. The van der Waals surface area contributed by atoms with Crippen LogP contribution in [0.2, 0.25) is 0 Å². The second-order valence-corrected chi connectivity index (χ2v) is 18.3. The quantitative estimate of drug-likeness (QED) is 0.145. The maximum Gasteiger partial charge on any atom is 0.0540 e. The number of para-hydroxylation sites is 1. The van der Waals surface area contributed by atoms with Crippen molar-refractivity contribution < 1.29 is 0 Å². The first-order valence-electron chi connectivity index (χ1n) is 22.6. The van der Waals surface area contributed by atoms with Gasteiger partial charge in [-0.05, 0) is 137 Å². The predicted octanol–water partition coefficient (Wildman–Crippen LogP) is 14.7. The zero-order valence-corrected chi connectivity index (χ0v) is 36.4. The molecule has 2 aliphatic carbocycles. The zero-order chi connectivity index (χ0) is 42.5. The fraction of sp³-hybridized carbons (Fsp3) is 0.129. The van der Waals surface area contributed by atoms with Gasteiger partial charge in [0.15, 0.2) is 0 Å². The van der Waals surface area contributed by atoms with Gasteiger partial charge in [0.05, 0.1) is 5.69 Å². The Bertz CT molecular complexity index is 3320. The summed E-state index contributed by atoms with van der Waals surface area (Å²) in [6, 6.07) is 77.2. The zero-order valence-electron chi connectivity index (χ0n) is 36.4. The minimum absolute atomic E-state index is 0.0407. The molecule has 0 aliphatic heterocycles. The number of hydrogen-bond acceptors (Lipinski definition) is 1. The Balaban J connectivity index is 1.25. The average Bonchev–Trinajstić information content (AvgIpc) is 3.34. The number of allylic oxidation sites excluding steroid dienone is 1. The molecule has 0 fully saturated rings. The second kappa shape index (κ2) is 15.9. The van der Waals surface area contributed by atoms with Crippen LogP contribution in [0, 0.1) is 0 Å². The fourth-order valence-electron chi connectivity index (χ4n) is 10.5. The van der Waals surface area contributed by atoms with Crippen LogP contribution < -0.4 is 15.3 Å². The van der Waals surface area contributed by atoms with Crippen molar-refractivity contribution in [2.45, 2.75) is 51.4 Å². The molecule has 0 saturated heterocycles. The molecule has 0 aromatic heterocycles. The van der Waals surface area contributed by atoms with Crippen molar-refractivity contribution in [2.24, 2.45) is 0 Å². The van der Waals surface area contributed by atoms with Crippen molar-refractivity contribution >= 4 is 55.3 Å². The van der Waals surface area contributed by atoms with E-state index in [-0.39, 0.29) is 11.3 Å². The molecule has 1 heteroatoms. The molecule has 9 aromatic rings. The molecule has 9 aromatic carbocycles. The standard InChI is InChI=1S/C62H51N/c1-62(2,3)46-34-36-47(37-35-46)63(58-33-18-17-30-52(58)50-32-19-27-42-24-13-14-28-49(42)50)48-38-39-54-57(40-48)51-29-15-16-31-53(51)60-56(44-22-9-5-10-23-44)41-55(43-20-7-4-8-21-43)59(61(54)60)45-25-11-6-12-26-45/h4-18,20-26,28-40,55H,19,27,41H2,1-3H3. The molecule has 2 aliphatic rings. The van der Waals surface area contributed by atoms with E-state index < -0.39 is 0 Å². The molecule has 11 rings (SSSR count). The molecule has 0 amide bonds. The number of fused-ring (bicyclic) bond motifs is 7. The first kappa shape index (κ1) is 38.7. The highest BCUT2D eigenvalue weighted by molar-refractivity contribution is 6.12. The third-order valence-electron chi connectivity index (χ3n) is 13.5. The van der Waals surface area contributed by atoms with Crippen molar-refractivity contribution in [3.63, 3.8) is 0 Å². The number of nitrogens with zero attached hydrogens (tertiary/aromatic N) is 1. The van der Waals surface area contributed by atoms with Crippen LogP contribution >= 0.6 is 0 Å². The maximum atomic E-state index is 2.50. The third kappa shape index (κ3) is 6.89. The van der Waals surface area contributed by atoms with Gasteiger partial charge in [-0.1, -0.05) is 203 Å². The summed E-state index contributed by atoms with van der Waals surface area (Å²) in [5, 5.41) is 7.79. The molecule has 0 saturated carbocycles. The lowest BCUT2D eigenvalue weighted by molar-refractivity contribution is 0.590. The Labute approximate surface area is 371 Å². The van der Waals surface area contributed by atoms with Gasteiger partial charge in [-0.3, -0.25) is 0 Å². The van der Waals surface area contributed by atoms with Crippen LogP contribution in [-0.4, -0.2) is 0 Å². The smallest absolute Gasteiger partial charge is 0.0540 e. The summed E-state index contributed by atoms with van der Waals surface area (Å²) >= 11 is 0. The van der Waals surface area contributed by atoms with E-state index in [4.69, 9.17) is 0 Å². The molecule has 0 bridgehead atoms. The minimum Gasteiger partial charge on any atom is -0.310 e. The lowest BCUT2D eigenvalue weighted by Gasteiger charge is -2.31. The molecule has 0 radical (unpaired) electrons. The highest BCUT2D eigenvalue weighted by atomic mass is 15.1. The Morgan fingerprint density at radius 2 is 1.06 bits per heavy atom. The highest BCUT2D eigenvalue weighted by Crippen LogP contribution is 2.45. The molecule has 0 heterocycles. The van der Waals surface area contributed by atoms with E-state index in [0.717, 1.165) is 30.6 Å². The Morgan fingerprint density at radius 3 is 1.79 bits per heavy atom. The number of aryl methyl sites for hydroxylation is 1. The van der Waals surface area contributed by atoms with Gasteiger partial charge in [-0.15, -0.1) is 0 Å². The van der Waals surface area contributed by atoms with Gasteiger partial charge < -0.3 is 4.90 Å². The summed E-state index contributed by atoms with van der Waals surface area (Å²) in [7, 11) is 0. The second-order valence-electron chi connectivity index (χ2n) is 18.3. The van der Waals surface area contributed by atoms with Crippen molar-refractivity contribution in [3.05, 3.63) is 262 Å². The predicted molar refractivity (Wildman–Crippen MR) is 268 cm³/mol. The van der Waals surface area contributed by atoms with Gasteiger partial charge in [0.2, 0.25) is 0 Å². The van der Waals surface area contributed by atoms with Gasteiger partial charge in [0.1, 0.15) is 0 Å². The SMILES string of the molecule is CC(C)(C)c1ccc(N(c2ccc3c4c(c5ccccc5c3c2)=C(c2ccccc2)CC(c2ccccc2)C=4c2ccccc2)c2ccccc2C2=CCCc3ccccc32)cc1. The van der Waals surface area contributed by atoms with E-state index in [1.54, 1.807) is 0 Å². The molecule has 0 N–H and O–H groups in total. The van der Waals surface area contributed by atoms with Crippen LogP contribution in [0.4, 0.5) is 17.1 Å². The highest BCUT2D eigenvalue weighted by Gasteiger charge is 2.29. The molecule has 0 spiro atoms. The molecular weight excluding hydrogens is 759 g/mol. The Kier molecular flexibility index (Phi) is 9.77. The van der Waals surface area contributed by atoms with Crippen LogP contribution in [0.1, 0.15) is 78.5 Å². The van der Waals surface area contributed by atoms with Crippen LogP contribution in [0.25, 0.3) is 38.3 Å². The topological polar surface area (TPSA) is 3.24 Å². The molecule has 63 heavy (non-hydrogen) atoms. The van der Waals surface area contributed by atoms with E-state index >= 15 is 0 Å². The molecule has 1 unspecified atom stereocenters. The number of benzene rings is 9.